The van der Waals surface area contributed by atoms with E-state index in [4.69, 9.17) is 0 Å². The van der Waals surface area contributed by atoms with Gasteiger partial charge in [-0.05, 0) is 24.2 Å². The van der Waals surface area contributed by atoms with Crippen molar-refractivity contribution in [3.63, 3.8) is 0 Å². The van der Waals surface area contributed by atoms with Crippen LogP contribution in [-0.4, -0.2) is 17.8 Å². The molecular formula is C9H22S. The Morgan fingerprint density at radius 1 is 1.00 bits per heavy atom. The lowest BCUT2D eigenvalue weighted by Gasteiger charge is -2.11. The summed E-state index contributed by atoms with van der Waals surface area (Å²) >= 11 is 0. The van der Waals surface area contributed by atoms with E-state index in [0.29, 0.717) is 10.9 Å². The molecule has 0 aliphatic heterocycles. The highest BCUT2D eigenvalue weighted by atomic mass is 32.2. The number of unbranched alkanes of at least 4 members (excludes halogenated alkanes) is 3. The van der Waals surface area contributed by atoms with E-state index in [-0.39, 0.29) is 0 Å². The van der Waals surface area contributed by atoms with Crippen LogP contribution in [0.15, 0.2) is 0 Å². The molecule has 64 valence electrons. The maximum Gasteiger partial charge on any atom is -0.0255 e. The van der Waals surface area contributed by atoms with E-state index in [1.165, 1.54) is 37.2 Å². The molecule has 0 aromatic rings. The molecule has 0 nitrogen and oxygen atoms in total. The van der Waals surface area contributed by atoms with Crippen molar-refractivity contribution in [1.82, 2.24) is 0 Å². The molecular weight excluding hydrogens is 140 g/mol. The second kappa shape index (κ2) is 7.46. The van der Waals surface area contributed by atoms with Crippen molar-refractivity contribution in [3.8, 4) is 0 Å². The van der Waals surface area contributed by atoms with Gasteiger partial charge in [0.1, 0.15) is 0 Å². The average Bonchev–Trinajstić information content (AvgIpc) is 1.98. The first-order valence-corrected chi connectivity index (χ1v) is 6.65. The van der Waals surface area contributed by atoms with Crippen LogP contribution in [0.25, 0.3) is 0 Å². The third-order valence-corrected chi connectivity index (χ3v) is 4.09. The Hall–Kier alpha value is 0.350. The topological polar surface area (TPSA) is 0 Å². The highest BCUT2D eigenvalue weighted by molar-refractivity contribution is 8.16. The second-order valence-electron chi connectivity index (χ2n) is 2.96. The SMILES string of the molecule is CCCCCC[SH](C)CC. The fourth-order valence-electron chi connectivity index (χ4n) is 0.967. The highest BCUT2D eigenvalue weighted by Gasteiger charge is 1.92. The van der Waals surface area contributed by atoms with Gasteiger partial charge in [0, 0.05) is 0 Å². The lowest BCUT2D eigenvalue weighted by molar-refractivity contribution is 0.706. The minimum absolute atomic E-state index is 0.405. The lowest BCUT2D eigenvalue weighted by Crippen LogP contribution is -1.89. The summed E-state index contributed by atoms with van der Waals surface area (Å²) in [4.78, 5) is 0. The van der Waals surface area contributed by atoms with Gasteiger partial charge in [-0.25, -0.2) is 0 Å². The van der Waals surface area contributed by atoms with Crippen molar-refractivity contribution in [2.75, 3.05) is 17.8 Å². The van der Waals surface area contributed by atoms with E-state index < -0.39 is 0 Å². The number of thiol groups is 1. The second-order valence-corrected chi connectivity index (χ2v) is 5.75. The zero-order valence-corrected chi connectivity index (χ0v) is 8.58. The standard InChI is InChI=1S/C9H22S/c1-4-6-7-8-9-10(3)5-2/h10H,4-9H2,1-3H3. The van der Waals surface area contributed by atoms with E-state index in [1.807, 2.05) is 0 Å². The average molecular weight is 162 g/mol. The molecule has 0 aliphatic rings. The molecule has 0 spiro atoms. The van der Waals surface area contributed by atoms with Crippen LogP contribution in [0.5, 0.6) is 0 Å². The predicted octanol–water partition coefficient (Wildman–Crippen LogP) is 3.22. The van der Waals surface area contributed by atoms with Crippen molar-refractivity contribution in [2.24, 2.45) is 0 Å². The first-order chi connectivity index (χ1) is 4.81. The van der Waals surface area contributed by atoms with Gasteiger partial charge in [-0.15, -0.1) is 0 Å². The minimum atomic E-state index is 0.405. The maximum atomic E-state index is 2.42. The van der Waals surface area contributed by atoms with Crippen molar-refractivity contribution < 1.29 is 0 Å². The van der Waals surface area contributed by atoms with Gasteiger partial charge in [0.25, 0.3) is 0 Å². The molecule has 0 saturated heterocycles. The Balaban J connectivity index is 2.89. The van der Waals surface area contributed by atoms with E-state index in [9.17, 15) is 0 Å². The van der Waals surface area contributed by atoms with Crippen molar-refractivity contribution in [1.29, 1.82) is 0 Å². The summed E-state index contributed by atoms with van der Waals surface area (Å²) in [6, 6.07) is 0. The summed E-state index contributed by atoms with van der Waals surface area (Å²) in [5.74, 6) is 2.92. The van der Waals surface area contributed by atoms with Gasteiger partial charge >= 0.3 is 0 Å². The maximum absolute atomic E-state index is 2.42. The monoisotopic (exact) mass is 162 g/mol. The van der Waals surface area contributed by atoms with Crippen LogP contribution in [0.3, 0.4) is 0 Å². The van der Waals surface area contributed by atoms with Crippen LogP contribution >= 0.6 is 10.9 Å². The molecule has 0 saturated carbocycles. The first kappa shape index (κ1) is 10.3. The van der Waals surface area contributed by atoms with E-state index in [0.717, 1.165) is 0 Å². The normalized spacial score (nSPS) is 15.3. The summed E-state index contributed by atoms with van der Waals surface area (Å²) in [6.07, 6.45) is 8.16. The van der Waals surface area contributed by atoms with Crippen LogP contribution in [-0.2, 0) is 0 Å². The number of hydrogen-bond donors (Lipinski definition) is 1. The lowest BCUT2D eigenvalue weighted by atomic mass is 10.2. The third-order valence-electron chi connectivity index (χ3n) is 1.93. The zero-order valence-electron chi connectivity index (χ0n) is 7.69. The molecule has 0 N–H and O–H groups in total. The van der Waals surface area contributed by atoms with E-state index >= 15 is 0 Å². The fourth-order valence-corrected chi connectivity index (χ4v) is 2.05. The molecule has 0 heterocycles. The largest absolute Gasteiger partial charge is 0.257 e. The van der Waals surface area contributed by atoms with Crippen LogP contribution in [0.2, 0.25) is 0 Å². The minimum Gasteiger partial charge on any atom is -0.257 e. The molecule has 0 bridgehead atoms. The molecule has 1 unspecified atom stereocenters. The highest BCUT2D eigenvalue weighted by Crippen LogP contribution is 2.20. The van der Waals surface area contributed by atoms with Crippen LogP contribution in [0, 0.1) is 0 Å². The summed E-state index contributed by atoms with van der Waals surface area (Å²) < 4.78 is 0. The van der Waals surface area contributed by atoms with Crippen molar-refractivity contribution >= 4 is 10.9 Å². The van der Waals surface area contributed by atoms with Gasteiger partial charge < -0.3 is 0 Å². The summed E-state index contributed by atoms with van der Waals surface area (Å²) in [5, 5.41) is 0. The van der Waals surface area contributed by atoms with Gasteiger partial charge in [-0.1, -0.05) is 33.1 Å². The molecule has 0 amide bonds. The summed E-state index contributed by atoms with van der Waals surface area (Å²) in [5.41, 5.74) is 0. The molecule has 0 radical (unpaired) electrons. The summed E-state index contributed by atoms with van der Waals surface area (Å²) in [7, 11) is 0.405. The van der Waals surface area contributed by atoms with Crippen LogP contribution in [0.1, 0.15) is 39.5 Å². The Morgan fingerprint density at radius 2 is 1.70 bits per heavy atom. The van der Waals surface area contributed by atoms with Gasteiger partial charge in [-0.3, -0.25) is 10.9 Å². The van der Waals surface area contributed by atoms with E-state index in [2.05, 4.69) is 20.1 Å². The smallest absolute Gasteiger partial charge is 0.0255 e. The Morgan fingerprint density at radius 3 is 2.20 bits per heavy atom. The van der Waals surface area contributed by atoms with E-state index in [1.54, 1.807) is 0 Å². The van der Waals surface area contributed by atoms with Crippen LogP contribution in [0.4, 0.5) is 0 Å². The third kappa shape index (κ3) is 6.47. The molecule has 1 atom stereocenters. The zero-order chi connectivity index (χ0) is 7.82. The Labute approximate surface area is 68.7 Å². The fraction of sp³-hybridized carbons (Fsp3) is 1.00. The van der Waals surface area contributed by atoms with Gasteiger partial charge in [0.15, 0.2) is 0 Å². The Bertz CT molecular complexity index is 61.7. The van der Waals surface area contributed by atoms with Crippen LogP contribution < -0.4 is 0 Å². The molecule has 0 rings (SSSR count). The molecule has 0 fully saturated rings. The predicted molar refractivity (Wildman–Crippen MR) is 54.5 cm³/mol. The molecule has 1 heteroatoms. The number of hydrogen-bond acceptors (Lipinski definition) is 0. The van der Waals surface area contributed by atoms with Gasteiger partial charge in [0.2, 0.25) is 0 Å². The van der Waals surface area contributed by atoms with Crippen molar-refractivity contribution in [3.05, 3.63) is 0 Å². The molecule has 0 aliphatic carbocycles. The molecule has 0 aromatic heterocycles. The first-order valence-electron chi connectivity index (χ1n) is 4.49. The molecule has 10 heavy (non-hydrogen) atoms. The van der Waals surface area contributed by atoms with Gasteiger partial charge in [-0.2, -0.15) is 0 Å². The number of rotatable bonds is 6. The van der Waals surface area contributed by atoms with Gasteiger partial charge in [0.05, 0.1) is 0 Å². The quantitative estimate of drug-likeness (QED) is 0.450. The molecule has 0 aromatic carbocycles. The van der Waals surface area contributed by atoms with Crippen molar-refractivity contribution in [2.45, 2.75) is 39.5 Å². The summed E-state index contributed by atoms with van der Waals surface area (Å²) in [6.45, 7) is 4.58. The Kier molecular flexibility index (Phi) is 7.72.